The Bertz CT molecular complexity index is 407. The molecule has 1 unspecified atom stereocenters. The van der Waals surface area contributed by atoms with E-state index in [2.05, 4.69) is 28.5 Å². The SMILES string of the molecule is CC1(Nc2nnccc2C#N)CCCOC1. The lowest BCUT2D eigenvalue weighted by Crippen LogP contribution is -2.43. The van der Waals surface area contributed by atoms with Crippen molar-refractivity contribution in [3.8, 4) is 6.07 Å². The highest BCUT2D eigenvalue weighted by Gasteiger charge is 2.28. The van der Waals surface area contributed by atoms with Crippen molar-refractivity contribution in [2.45, 2.75) is 25.3 Å². The van der Waals surface area contributed by atoms with Crippen molar-refractivity contribution < 1.29 is 4.74 Å². The second-order valence-electron chi connectivity index (χ2n) is 4.25. The summed E-state index contributed by atoms with van der Waals surface area (Å²) in [5, 5.41) is 19.9. The first-order valence-electron chi connectivity index (χ1n) is 5.31. The highest BCUT2D eigenvalue weighted by Crippen LogP contribution is 2.24. The van der Waals surface area contributed by atoms with E-state index in [-0.39, 0.29) is 5.54 Å². The Morgan fingerprint density at radius 3 is 3.19 bits per heavy atom. The summed E-state index contributed by atoms with van der Waals surface area (Å²) in [4.78, 5) is 0. The summed E-state index contributed by atoms with van der Waals surface area (Å²) in [5.41, 5.74) is 0.363. The molecular weight excluding hydrogens is 204 g/mol. The number of rotatable bonds is 2. The standard InChI is InChI=1S/C11H14N4O/c1-11(4-2-6-16-8-11)14-10-9(7-12)3-5-13-15-10/h3,5H,2,4,6,8H2,1H3,(H,14,15). The molecule has 5 heteroatoms. The molecule has 0 radical (unpaired) electrons. The van der Waals surface area contributed by atoms with Crippen molar-refractivity contribution in [3.05, 3.63) is 17.8 Å². The minimum atomic E-state index is -0.153. The van der Waals surface area contributed by atoms with Crippen LogP contribution in [-0.4, -0.2) is 29.0 Å². The highest BCUT2D eigenvalue weighted by molar-refractivity contribution is 5.51. The van der Waals surface area contributed by atoms with Gasteiger partial charge in [-0.25, -0.2) is 0 Å². The van der Waals surface area contributed by atoms with Crippen molar-refractivity contribution in [1.82, 2.24) is 10.2 Å². The molecule has 2 rings (SSSR count). The third-order valence-corrected chi connectivity index (χ3v) is 2.70. The maximum absolute atomic E-state index is 8.94. The summed E-state index contributed by atoms with van der Waals surface area (Å²) in [6, 6.07) is 3.75. The zero-order valence-corrected chi connectivity index (χ0v) is 9.23. The molecule has 2 heterocycles. The van der Waals surface area contributed by atoms with Crippen molar-refractivity contribution in [1.29, 1.82) is 5.26 Å². The number of anilines is 1. The number of nitriles is 1. The van der Waals surface area contributed by atoms with E-state index < -0.39 is 0 Å². The second-order valence-corrected chi connectivity index (χ2v) is 4.25. The molecule has 1 N–H and O–H groups in total. The van der Waals surface area contributed by atoms with Crippen LogP contribution in [0.25, 0.3) is 0 Å². The van der Waals surface area contributed by atoms with Gasteiger partial charge in [-0.1, -0.05) is 0 Å². The normalized spacial score (nSPS) is 24.8. The molecule has 1 aromatic rings. The topological polar surface area (TPSA) is 70.8 Å². The molecule has 5 nitrogen and oxygen atoms in total. The van der Waals surface area contributed by atoms with Crippen molar-refractivity contribution in [2.75, 3.05) is 18.5 Å². The van der Waals surface area contributed by atoms with Crippen LogP contribution < -0.4 is 5.32 Å². The van der Waals surface area contributed by atoms with Crippen LogP contribution in [0.3, 0.4) is 0 Å². The Balaban J connectivity index is 2.16. The van der Waals surface area contributed by atoms with Gasteiger partial charge in [-0.2, -0.15) is 10.4 Å². The zero-order valence-electron chi connectivity index (χ0n) is 9.23. The van der Waals surface area contributed by atoms with Gasteiger partial charge in [0.25, 0.3) is 0 Å². The molecule has 1 aliphatic heterocycles. The van der Waals surface area contributed by atoms with Gasteiger partial charge in [0.15, 0.2) is 5.82 Å². The van der Waals surface area contributed by atoms with Crippen LogP contribution in [0.2, 0.25) is 0 Å². The van der Waals surface area contributed by atoms with Crippen LogP contribution in [0.5, 0.6) is 0 Å². The van der Waals surface area contributed by atoms with Crippen molar-refractivity contribution >= 4 is 5.82 Å². The maximum Gasteiger partial charge on any atom is 0.167 e. The van der Waals surface area contributed by atoms with Gasteiger partial charge < -0.3 is 10.1 Å². The Morgan fingerprint density at radius 2 is 2.50 bits per heavy atom. The van der Waals surface area contributed by atoms with Crippen LogP contribution in [0.4, 0.5) is 5.82 Å². The monoisotopic (exact) mass is 218 g/mol. The largest absolute Gasteiger partial charge is 0.379 e. The van der Waals surface area contributed by atoms with Crippen LogP contribution in [0.1, 0.15) is 25.3 Å². The zero-order chi connectivity index (χ0) is 11.4. The minimum Gasteiger partial charge on any atom is -0.379 e. The Hall–Kier alpha value is -1.67. The summed E-state index contributed by atoms with van der Waals surface area (Å²) in [7, 11) is 0. The molecule has 84 valence electrons. The molecule has 16 heavy (non-hydrogen) atoms. The number of hydrogen-bond acceptors (Lipinski definition) is 5. The molecule has 1 fully saturated rings. The summed E-state index contributed by atoms with van der Waals surface area (Å²) < 4.78 is 5.44. The summed E-state index contributed by atoms with van der Waals surface area (Å²) in [5.74, 6) is 0.540. The average molecular weight is 218 g/mol. The molecule has 0 spiro atoms. The van der Waals surface area contributed by atoms with Crippen LogP contribution in [0, 0.1) is 11.3 Å². The summed E-state index contributed by atoms with van der Waals surface area (Å²) in [6.45, 7) is 3.51. The number of aromatic nitrogens is 2. The summed E-state index contributed by atoms with van der Waals surface area (Å²) >= 11 is 0. The third kappa shape index (κ3) is 2.28. The van der Waals surface area contributed by atoms with E-state index in [1.54, 1.807) is 6.07 Å². The molecule has 0 bridgehead atoms. The first-order chi connectivity index (χ1) is 7.73. The van der Waals surface area contributed by atoms with Gasteiger partial charge in [0.2, 0.25) is 0 Å². The molecule has 0 aliphatic carbocycles. The molecular formula is C11H14N4O. The number of ether oxygens (including phenoxy) is 1. The fourth-order valence-electron chi connectivity index (χ4n) is 1.83. The van der Waals surface area contributed by atoms with Gasteiger partial charge in [0.05, 0.1) is 23.9 Å². The van der Waals surface area contributed by atoms with E-state index >= 15 is 0 Å². The van der Waals surface area contributed by atoms with E-state index in [1.165, 1.54) is 6.20 Å². The first-order valence-corrected chi connectivity index (χ1v) is 5.31. The number of nitrogens with one attached hydrogen (secondary N) is 1. The molecule has 1 saturated heterocycles. The molecule has 0 aromatic carbocycles. The fraction of sp³-hybridized carbons (Fsp3) is 0.545. The van der Waals surface area contributed by atoms with Gasteiger partial charge in [0.1, 0.15) is 6.07 Å². The van der Waals surface area contributed by atoms with E-state index in [4.69, 9.17) is 10.00 Å². The van der Waals surface area contributed by atoms with E-state index in [0.717, 1.165) is 19.4 Å². The lowest BCUT2D eigenvalue weighted by Gasteiger charge is -2.34. The van der Waals surface area contributed by atoms with Crippen LogP contribution in [0.15, 0.2) is 12.3 Å². The van der Waals surface area contributed by atoms with E-state index in [9.17, 15) is 0 Å². The maximum atomic E-state index is 8.94. The van der Waals surface area contributed by atoms with Gasteiger partial charge in [0, 0.05) is 6.61 Å². The van der Waals surface area contributed by atoms with Gasteiger partial charge in [-0.3, -0.25) is 0 Å². The smallest absolute Gasteiger partial charge is 0.167 e. The Labute approximate surface area is 94.4 Å². The highest BCUT2D eigenvalue weighted by atomic mass is 16.5. The average Bonchev–Trinajstić information content (AvgIpc) is 2.30. The second kappa shape index (κ2) is 4.45. The Morgan fingerprint density at radius 1 is 1.62 bits per heavy atom. The number of nitrogens with zero attached hydrogens (tertiary/aromatic N) is 3. The van der Waals surface area contributed by atoms with E-state index in [1.807, 2.05) is 0 Å². The van der Waals surface area contributed by atoms with Gasteiger partial charge in [-0.05, 0) is 25.8 Å². The van der Waals surface area contributed by atoms with Crippen molar-refractivity contribution in [2.24, 2.45) is 0 Å². The lowest BCUT2D eigenvalue weighted by molar-refractivity contribution is 0.0538. The minimum absolute atomic E-state index is 0.153. The predicted molar refractivity (Wildman–Crippen MR) is 58.8 cm³/mol. The van der Waals surface area contributed by atoms with Crippen molar-refractivity contribution in [3.63, 3.8) is 0 Å². The molecule has 0 saturated carbocycles. The molecule has 1 aliphatic rings. The quantitative estimate of drug-likeness (QED) is 0.810. The van der Waals surface area contributed by atoms with E-state index in [0.29, 0.717) is 18.0 Å². The predicted octanol–water partition coefficient (Wildman–Crippen LogP) is 1.33. The number of hydrogen-bond donors (Lipinski definition) is 1. The Kier molecular flexibility index (Phi) is 3.02. The lowest BCUT2D eigenvalue weighted by atomic mass is 9.95. The van der Waals surface area contributed by atoms with Gasteiger partial charge in [-0.15, -0.1) is 5.10 Å². The first kappa shape index (κ1) is 10.8. The fourth-order valence-corrected chi connectivity index (χ4v) is 1.83. The third-order valence-electron chi connectivity index (χ3n) is 2.70. The summed E-state index contributed by atoms with van der Waals surface area (Å²) in [6.07, 6.45) is 3.55. The molecule has 1 atom stereocenters. The molecule has 0 amide bonds. The van der Waals surface area contributed by atoms with Gasteiger partial charge >= 0.3 is 0 Å². The molecule has 1 aromatic heterocycles. The van der Waals surface area contributed by atoms with Crippen LogP contribution >= 0.6 is 0 Å². The van der Waals surface area contributed by atoms with Crippen LogP contribution in [-0.2, 0) is 4.74 Å².